The number of aryl methyl sites for hydroxylation is 1. The van der Waals surface area contributed by atoms with Crippen molar-refractivity contribution in [1.82, 2.24) is 15.1 Å². The molecule has 0 fully saturated rings. The molecule has 0 radical (unpaired) electrons. The van der Waals surface area contributed by atoms with E-state index in [0.717, 1.165) is 22.4 Å². The number of rotatable bonds is 2. The molecule has 1 heterocycles. The second-order valence-corrected chi connectivity index (χ2v) is 5.34. The second-order valence-electron chi connectivity index (χ2n) is 5.34. The minimum atomic E-state index is -0.197. The third kappa shape index (κ3) is 3.36. The molecular formula is C20H17N3O. The lowest BCUT2D eigenvalue weighted by molar-refractivity contribution is 0.0957. The molecule has 118 valence electrons. The zero-order chi connectivity index (χ0) is 16.9. The monoisotopic (exact) mass is 315 g/mol. The van der Waals surface area contributed by atoms with Crippen LogP contribution in [0.1, 0.15) is 27.2 Å². The molecular weight excluding hydrogens is 298 g/mol. The van der Waals surface area contributed by atoms with Gasteiger partial charge in [0.1, 0.15) is 0 Å². The summed E-state index contributed by atoms with van der Waals surface area (Å²) in [5.41, 5.74) is 4.29. The van der Waals surface area contributed by atoms with Crippen LogP contribution in [0, 0.1) is 18.8 Å². The Morgan fingerprint density at radius 2 is 1.79 bits per heavy atom. The average molecular weight is 315 g/mol. The molecule has 0 aliphatic rings. The number of nitrogens with one attached hydrogen (secondary N) is 1. The summed E-state index contributed by atoms with van der Waals surface area (Å²) in [5, 5.41) is 6.87. The Hall–Kier alpha value is -3.32. The van der Waals surface area contributed by atoms with Gasteiger partial charge in [-0.2, -0.15) is 5.10 Å². The maximum atomic E-state index is 11.6. The fourth-order valence-corrected chi connectivity index (χ4v) is 2.36. The highest BCUT2D eigenvalue weighted by Gasteiger charge is 2.09. The summed E-state index contributed by atoms with van der Waals surface area (Å²) >= 11 is 0. The maximum absolute atomic E-state index is 11.6. The van der Waals surface area contributed by atoms with Gasteiger partial charge in [-0.3, -0.25) is 4.79 Å². The summed E-state index contributed by atoms with van der Waals surface area (Å²) in [5.74, 6) is 6.12. The van der Waals surface area contributed by atoms with E-state index in [1.165, 1.54) is 0 Å². The third-order valence-corrected chi connectivity index (χ3v) is 3.62. The van der Waals surface area contributed by atoms with Gasteiger partial charge in [0.25, 0.3) is 5.91 Å². The summed E-state index contributed by atoms with van der Waals surface area (Å²) in [6, 6.07) is 17.5. The number of carbonyl (C=O) groups is 1. The van der Waals surface area contributed by atoms with Gasteiger partial charge in [0, 0.05) is 24.4 Å². The number of benzene rings is 2. The molecule has 1 N–H and O–H groups in total. The average Bonchev–Trinajstić information content (AvgIpc) is 3.10. The molecule has 0 unspecified atom stereocenters. The smallest absolute Gasteiger partial charge is 0.271 e. The lowest BCUT2D eigenvalue weighted by Gasteiger charge is -2.06. The van der Waals surface area contributed by atoms with Gasteiger partial charge in [-0.15, -0.1) is 0 Å². The zero-order valence-corrected chi connectivity index (χ0v) is 13.6. The molecule has 0 aliphatic heterocycles. The first-order chi connectivity index (χ1) is 11.7. The van der Waals surface area contributed by atoms with E-state index in [1.54, 1.807) is 24.0 Å². The molecule has 1 amide bonds. The van der Waals surface area contributed by atoms with Crippen molar-refractivity contribution in [3.8, 4) is 17.5 Å². The van der Waals surface area contributed by atoms with Gasteiger partial charge >= 0.3 is 0 Å². The van der Waals surface area contributed by atoms with Crippen molar-refractivity contribution in [2.75, 3.05) is 7.05 Å². The van der Waals surface area contributed by atoms with Gasteiger partial charge in [-0.05, 0) is 48.9 Å². The Labute approximate surface area is 141 Å². The van der Waals surface area contributed by atoms with Gasteiger partial charge in [0.2, 0.25) is 0 Å². The van der Waals surface area contributed by atoms with Gasteiger partial charge in [0.15, 0.2) is 5.69 Å². The van der Waals surface area contributed by atoms with E-state index in [9.17, 15) is 4.79 Å². The van der Waals surface area contributed by atoms with Crippen LogP contribution in [-0.4, -0.2) is 22.7 Å². The Kier molecular flexibility index (Phi) is 4.44. The highest BCUT2D eigenvalue weighted by atomic mass is 16.1. The summed E-state index contributed by atoms with van der Waals surface area (Å²) in [6.07, 6.45) is 1.78. The minimum absolute atomic E-state index is 0.197. The summed E-state index contributed by atoms with van der Waals surface area (Å²) < 4.78 is 1.70. The van der Waals surface area contributed by atoms with Crippen molar-refractivity contribution >= 4 is 5.91 Å². The second kappa shape index (κ2) is 6.84. The Morgan fingerprint density at radius 1 is 1.04 bits per heavy atom. The molecule has 3 rings (SSSR count). The summed E-state index contributed by atoms with van der Waals surface area (Å²) in [4.78, 5) is 11.6. The van der Waals surface area contributed by atoms with E-state index in [0.29, 0.717) is 5.69 Å². The molecule has 2 aromatic carbocycles. The number of amides is 1. The molecule has 0 aliphatic carbocycles. The van der Waals surface area contributed by atoms with Crippen LogP contribution in [0.25, 0.3) is 5.69 Å². The first-order valence-electron chi connectivity index (χ1n) is 7.63. The van der Waals surface area contributed by atoms with E-state index in [4.69, 9.17) is 0 Å². The summed E-state index contributed by atoms with van der Waals surface area (Å²) in [6.45, 7) is 2.00. The molecule has 0 saturated heterocycles. The SMILES string of the molecule is CNC(=O)c1ccn(-c2ccc(C#Cc3ccccc3)cc2C)n1. The van der Waals surface area contributed by atoms with Crippen molar-refractivity contribution < 1.29 is 4.79 Å². The molecule has 3 aromatic rings. The van der Waals surface area contributed by atoms with Crippen LogP contribution in [0.5, 0.6) is 0 Å². The molecule has 0 atom stereocenters. The Morgan fingerprint density at radius 3 is 2.50 bits per heavy atom. The summed E-state index contributed by atoms with van der Waals surface area (Å²) in [7, 11) is 1.59. The third-order valence-electron chi connectivity index (χ3n) is 3.62. The maximum Gasteiger partial charge on any atom is 0.271 e. The van der Waals surface area contributed by atoms with Gasteiger partial charge in [-0.1, -0.05) is 30.0 Å². The topological polar surface area (TPSA) is 46.9 Å². The molecule has 4 nitrogen and oxygen atoms in total. The van der Waals surface area contributed by atoms with Crippen molar-refractivity contribution in [3.05, 3.63) is 83.2 Å². The predicted molar refractivity (Wildman–Crippen MR) is 94.1 cm³/mol. The van der Waals surface area contributed by atoms with Crippen LogP contribution < -0.4 is 5.32 Å². The largest absolute Gasteiger partial charge is 0.354 e. The fourth-order valence-electron chi connectivity index (χ4n) is 2.36. The van der Waals surface area contributed by atoms with Crippen LogP contribution in [0.15, 0.2) is 60.8 Å². The van der Waals surface area contributed by atoms with Crippen molar-refractivity contribution in [2.24, 2.45) is 0 Å². The standard InChI is InChI=1S/C20H17N3O/c1-15-14-17(9-8-16-6-4-3-5-7-16)10-11-19(15)23-13-12-18(22-23)20(24)21-2/h3-7,10-14H,1-2H3,(H,21,24). The number of aromatic nitrogens is 2. The van der Waals surface area contributed by atoms with Crippen LogP contribution in [-0.2, 0) is 0 Å². The van der Waals surface area contributed by atoms with Crippen molar-refractivity contribution in [1.29, 1.82) is 0 Å². The van der Waals surface area contributed by atoms with E-state index in [2.05, 4.69) is 22.3 Å². The van der Waals surface area contributed by atoms with Crippen LogP contribution in [0.4, 0.5) is 0 Å². The highest BCUT2D eigenvalue weighted by molar-refractivity contribution is 5.91. The van der Waals surface area contributed by atoms with Crippen LogP contribution in [0.2, 0.25) is 0 Å². The number of hydrogen-bond acceptors (Lipinski definition) is 2. The Bertz CT molecular complexity index is 930. The zero-order valence-electron chi connectivity index (χ0n) is 13.6. The van der Waals surface area contributed by atoms with Crippen LogP contribution >= 0.6 is 0 Å². The highest BCUT2D eigenvalue weighted by Crippen LogP contribution is 2.15. The quantitative estimate of drug-likeness (QED) is 0.739. The number of carbonyl (C=O) groups excluding carboxylic acids is 1. The molecule has 24 heavy (non-hydrogen) atoms. The van der Waals surface area contributed by atoms with Gasteiger partial charge < -0.3 is 5.32 Å². The van der Waals surface area contributed by atoms with E-state index < -0.39 is 0 Å². The molecule has 0 saturated carbocycles. The lowest BCUT2D eigenvalue weighted by Crippen LogP contribution is -2.18. The van der Waals surface area contributed by atoms with Crippen LogP contribution in [0.3, 0.4) is 0 Å². The first kappa shape index (κ1) is 15.6. The molecule has 1 aromatic heterocycles. The lowest BCUT2D eigenvalue weighted by atomic mass is 10.1. The molecule has 4 heteroatoms. The number of hydrogen-bond donors (Lipinski definition) is 1. The predicted octanol–water partition coefficient (Wildman–Crippen LogP) is 2.94. The van der Waals surface area contributed by atoms with Crippen molar-refractivity contribution in [3.63, 3.8) is 0 Å². The van der Waals surface area contributed by atoms with E-state index >= 15 is 0 Å². The van der Waals surface area contributed by atoms with E-state index in [1.807, 2.05) is 55.5 Å². The molecule has 0 bridgehead atoms. The van der Waals surface area contributed by atoms with E-state index in [-0.39, 0.29) is 5.91 Å². The van der Waals surface area contributed by atoms with Gasteiger partial charge in [0.05, 0.1) is 5.69 Å². The first-order valence-corrected chi connectivity index (χ1v) is 7.63. The normalized spacial score (nSPS) is 9.92. The Balaban J connectivity index is 1.87. The minimum Gasteiger partial charge on any atom is -0.354 e. The van der Waals surface area contributed by atoms with Gasteiger partial charge in [-0.25, -0.2) is 4.68 Å². The number of nitrogens with zero attached hydrogens (tertiary/aromatic N) is 2. The van der Waals surface area contributed by atoms with Crippen molar-refractivity contribution in [2.45, 2.75) is 6.92 Å². The molecule has 0 spiro atoms. The fraction of sp³-hybridized carbons (Fsp3) is 0.100.